The maximum absolute atomic E-state index is 13.7. The van der Waals surface area contributed by atoms with Crippen LogP contribution in [0.25, 0.3) is 0 Å². The van der Waals surface area contributed by atoms with Crippen molar-refractivity contribution in [2.24, 2.45) is 0 Å². The molecule has 0 spiro atoms. The van der Waals surface area contributed by atoms with E-state index in [1.165, 1.54) is 12.5 Å². The molecule has 1 heterocycles. The Morgan fingerprint density at radius 2 is 2.17 bits per heavy atom. The van der Waals surface area contributed by atoms with Crippen LogP contribution in [-0.4, -0.2) is 38.3 Å². The first-order valence-electron chi connectivity index (χ1n) is 8.55. The Hall–Kier alpha value is -1.46. The van der Waals surface area contributed by atoms with Crippen LogP contribution in [0.1, 0.15) is 37.7 Å². The van der Waals surface area contributed by atoms with Crippen molar-refractivity contribution >= 4 is 5.91 Å². The van der Waals surface area contributed by atoms with E-state index < -0.39 is 0 Å². The standard InChI is InChI=1S/C18H25FN2O2/c19-15-6-4-5-14(11-15)18(7-2-1-3-8-18)13-21-17(22)16-12-23-10-9-20-16/h4-6,11,16,20H,1-3,7-10,12-13H2,(H,21,22). The van der Waals surface area contributed by atoms with Gasteiger partial charge in [0.15, 0.2) is 0 Å². The molecule has 126 valence electrons. The van der Waals surface area contributed by atoms with E-state index in [2.05, 4.69) is 10.6 Å². The fourth-order valence-corrected chi connectivity index (χ4v) is 3.73. The molecule has 1 unspecified atom stereocenters. The quantitative estimate of drug-likeness (QED) is 0.893. The Bertz CT molecular complexity index is 538. The highest BCUT2D eigenvalue weighted by atomic mass is 19.1. The minimum atomic E-state index is -0.281. The molecule has 1 aliphatic heterocycles. The second-order valence-corrected chi connectivity index (χ2v) is 6.65. The van der Waals surface area contributed by atoms with Gasteiger partial charge in [0, 0.05) is 18.5 Å². The van der Waals surface area contributed by atoms with E-state index >= 15 is 0 Å². The zero-order valence-corrected chi connectivity index (χ0v) is 13.4. The van der Waals surface area contributed by atoms with E-state index in [1.807, 2.05) is 6.07 Å². The number of halogens is 1. The molecule has 1 aromatic carbocycles. The number of carbonyl (C=O) groups excluding carboxylic acids is 1. The highest BCUT2D eigenvalue weighted by Crippen LogP contribution is 2.39. The van der Waals surface area contributed by atoms with Crippen LogP contribution < -0.4 is 10.6 Å². The van der Waals surface area contributed by atoms with Crippen LogP contribution >= 0.6 is 0 Å². The smallest absolute Gasteiger partial charge is 0.239 e. The summed E-state index contributed by atoms with van der Waals surface area (Å²) < 4.78 is 19.0. The summed E-state index contributed by atoms with van der Waals surface area (Å²) in [4.78, 5) is 12.4. The molecule has 0 bridgehead atoms. The van der Waals surface area contributed by atoms with Gasteiger partial charge in [0.2, 0.25) is 5.91 Å². The number of hydrogen-bond donors (Lipinski definition) is 2. The van der Waals surface area contributed by atoms with Crippen molar-refractivity contribution in [2.75, 3.05) is 26.3 Å². The topological polar surface area (TPSA) is 50.4 Å². The van der Waals surface area contributed by atoms with Crippen molar-refractivity contribution in [2.45, 2.75) is 43.6 Å². The third-order valence-corrected chi connectivity index (χ3v) is 5.09. The average molecular weight is 320 g/mol. The lowest BCUT2D eigenvalue weighted by atomic mass is 9.69. The Morgan fingerprint density at radius 3 is 2.87 bits per heavy atom. The molecule has 0 aromatic heterocycles. The number of carbonyl (C=O) groups is 1. The molecule has 1 aliphatic carbocycles. The molecule has 23 heavy (non-hydrogen) atoms. The van der Waals surface area contributed by atoms with E-state index in [4.69, 9.17) is 4.74 Å². The lowest BCUT2D eigenvalue weighted by Gasteiger charge is -2.38. The van der Waals surface area contributed by atoms with Crippen LogP contribution in [0.15, 0.2) is 24.3 Å². The highest BCUT2D eigenvalue weighted by Gasteiger charge is 2.35. The molecule has 1 amide bonds. The van der Waals surface area contributed by atoms with E-state index in [-0.39, 0.29) is 23.2 Å². The number of rotatable bonds is 4. The summed E-state index contributed by atoms with van der Waals surface area (Å²) in [5.41, 5.74) is 0.858. The summed E-state index contributed by atoms with van der Waals surface area (Å²) in [5.74, 6) is -0.229. The van der Waals surface area contributed by atoms with Crippen molar-refractivity contribution in [3.05, 3.63) is 35.6 Å². The first kappa shape index (κ1) is 16.4. The number of ether oxygens (including phenoxy) is 1. The summed E-state index contributed by atoms with van der Waals surface area (Å²) in [6, 6.07) is 6.57. The lowest BCUT2D eigenvalue weighted by Crippen LogP contribution is -2.53. The summed E-state index contributed by atoms with van der Waals surface area (Å²) in [6.45, 7) is 2.33. The van der Waals surface area contributed by atoms with E-state index in [1.54, 1.807) is 12.1 Å². The molecular weight excluding hydrogens is 295 g/mol. The van der Waals surface area contributed by atoms with Gasteiger partial charge < -0.3 is 15.4 Å². The first-order chi connectivity index (χ1) is 11.2. The van der Waals surface area contributed by atoms with Gasteiger partial charge in [-0.05, 0) is 30.5 Å². The second-order valence-electron chi connectivity index (χ2n) is 6.65. The van der Waals surface area contributed by atoms with E-state index in [0.29, 0.717) is 26.3 Å². The minimum Gasteiger partial charge on any atom is -0.378 e. The molecule has 2 aliphatic rings. The zero-order chi connectivity index (χ0) is 16.1. The first-order valence-corrected chi connectivity index (χ1v) is 8.55. The summed E-state index contributed by atoms with van der Waals surface area (Å²) in [5, 5.41) is 6.25. The number of amides is 1. The van der Waals surface area contributed by atoms with Gasteiger partial charge in [-0.2, -0.15) is 0 Å². The minimum absolute atomic E-state index is 0.0222. The van der Waals surface area contributed by atoms with Crippen molar-refractivity contribution < 1.29 is 13.9 Å². The molecule has 1 atom stereocenters. The van der Waals surface area contributed by atoms with Gasteiger partial charge >= 0.3 is 0 Å². The van der Waals surface area contributed by atoms with Crippen molar-refractivity contribution in [3.8, 4) is 0 Å². The highest BCUT2D eigenvalue weighted by molar-refractivity contribution is 5.82. The third kappa shape index (κ3) is 3.90. The van der Waals surface area contributed by atoms with Gasteiger partial charge in [-0.1, -0.05) is 31.4 Å². The molecule has 5 heteroatoms. The van der Waals surface area contributed by atoms with Crippen LogP contribution in [0.4, 0.5) is 4.39 Å². The molecule has 1 saturated carbocycles. The fourth-order valence-electron chi connectivity index (χ4n) is 3.73. The van der Waals surface area contributed by atoms with Crippen molar-refractivity contribution in [3.63, 3.8) is 0 Å². The molecule has 4 nitrogen and oxygen atoms in total. The number of hydrogen-bond acceptors (Lipinski definition) is 3. The predicted octanol–water partition coefficient (Wildman–Crippen LogP) is 2.13. The van der Waals surface area contributed by atoms with E-state index in [0.717, 1.165) is 31.2 Å². The number of benzene rings is 1. The number of morpholine rings is 1. The zero-order valence-electron chi connectivity index (χ0n) is 13.4. The Labute approximate surface area is 136 Å². The maximum atomic E-state index is 13.7. The normalized spacial score (nSPS) is 24.1. The van der Waals surface area contributed by atoms with Gasteiger partial charge in [0.25, 0.3) is 0 Å². The molecular formula is C18H25FN2O2. The van der Waals surface area contributed by atoms with Crippen LogP contribution in [0.2, 0.25) is 0 Å². The largest absolute Gasteiger partial charge is 0.378 e. The molecule has 0 radical (unpaired) electrons. The predicted molar refractivity (Wildman–Crippen MR) is 86.8 cm³/mol. The molecule has 3 rings (SSSR count). The Balaban J connectivity index is 1.70. The molecule has 1 aromatic rings. The Kier molecular flexibility index (Phi) is 5.28. The molecule has 1 saturated heterocycles. The third-order valence-electron chi connectivity index (χ3n) is 5.09. The molecule has 2 fully saturated rings. The lowest BCUT2D eigenvalue weighted by molar-refractivity contribution is -0.126. The fraction of sp³-hybridized carbons (Fsp3) is 0.611. The van der Waals surface area contributed by atoms with Crippen molar-refractivity contribution in [1.29, 1.82) is 0 Å². The van der Waals surface area contributed by atoms with Crippen LogP contribution in [0.3, 0.4) is 0 Å². The summed E-state index contributed by atoms with van der Waals surface area (Å²) >= 11 is 0. The monoisotopic (exact) mass is 320 g/mol. The SMILES string of the molecule is O=C(NCC1(c2cccc(F)c2)CCCCC1)C1COCCN1. The Morgan fingerprint density at radius 1 is 1.35 bits per heavy atom. The number of nitrogens with one attached hydrogen (secondary N) is 2. The van der Waals surface area contributed by atoms with Crippen LogP contribution in [0.5, 0.6) is 0 Å². The van der Waals surface area contributed by atoms with Gasteiger partial charge in [-0.3, -0.25) is 4.79 Å². The van der Waals surface area contributed by atoms with Gasteiger partial charge in [-0.25, -0.2) is 4.39 Å². The van der Waals surface area contributed by atoms with Crippen molar-refractivity contribution in [1.82, 2.24) is 10.6 Å². The van der Waals surface area contributed by atoms with Gasteiger partial charge in [-0.15, -0.1) is 0 Å². The summed E-state index contributed by atoms with van der Waals surface area (Å²) in [7, 11) is 0. The average Bonchev–Trinajstić information content (AvgIpc) is 2.61. The summed E-state index contributed by atoms with van der Waals surface area (Å²) in [6.07, 6.45) is 5.44. The van der Waals surface area contributed by atoms with Gasteiger partial charge in [0.05, 0.1) is 13.2 Å². The maximum Gasteiger partial charge on any atom is 0.239 e. The van der Waals surface area contributed by atoms with E-state index in [9.17, 15) is 9.18 Å². The second kappa shape index (κ2) is 7.41. The molecule has 2 N–H and O–H groups in total. The van der Waals surface area contributed by atoms with Crippen LogP contribution in [0, 0.1) is 5.82 Å². The van der Waals surface area contributed by atoms with Gasteiger partial charge in [0.1, 0.15) is 11.9 Å². The van der Waals surface area contributed by atoms with Crippen LogP contribution in [-0.2, 0) is 14.9 Å².